The summed E-state index contributed by atoms with van der Waals surface area (Å²) in [6, 6.07) is 10.2. The number of nitrogens with one attached hydrogen (secondary N) is 1. The van der Waals surface area contributed by atoms with Gasteiger partial charge in [0.05, 0.1) is 11.8 Å². The summed E-state index contributed by atoms with van der Waals surface area (Å²) in [5, 5.41) is 11.8. The van der Waals surface area contributed by atoms with Gasteiger partial charge in [0.25, 0.3) is 0 Å². The Labute approximate surface area is 190 Å². The molecule has 0 aromatic heterocycles. The van der Waals surface area contributed by atoms with Crippen LogP contribution >= 0.6 is 0 Å². The molecule has 2 N–H and O–H groups in total. The van der Waals surface area contributed by atoms with E-state index in [1.54, 1.807) is 0 Å². The fourth-order valence-corrected chi connectivity index (χ4v) is 2.53. The normalized spacial score (nSPS) is 11.6. The quantitative estimate of drug-likeness (QED) is 0.199. The standard InChI is InChI=1S/C22H33N2O2.Y/c1-6-7-8-9-17-23-24(18(2)25)20-14-12-19(13-15-20)21(26)11-10-16-22(3,4)5;/h12-15,21,23,26H,1,6-8,10-11,16H2,2-5H3;/q-1;. The summed E-state index contributed by atoms with van der Waals surface area (Å²) < 4.78 is 0. The van der Waals surface area contributed by atoms with Crippen LogP contribution in [0.15, 0.2) is 24.3 Å². The second-order valence-corrected chi connectivity index (χ2v) is 7.79. The van der Waals surface area contributed by atoms with Crippen LogP contribution < -0.4 is 10.4 Å². The van der Waals surface area contributed by atoms with E-state index < -0.39 is 6.10 Å². The second kappa shape index (κ2) is 13.3. The summed E-state index contributed by atoms with van der Waals surface area (Å²) in [5.74, 6) is 2.83. The topological polar surface area (TPSA) is 52.6 Å². The minimum absolute atomic E-state index is 0. The Morgan fingerprint density at radius 1 is 1.26 bits per heavy atom. The molecule has 1 radical (unpaired) electrons. The fourth-order valence-electron chi connectivity index (χ4n) is 2.53. The molecule has 5 heteroatoms. The molecule has 1 aromatic carbocycles. The molecular formula is C22H33N2O2Y-. The molecule has 1 aromatic rings. The molecule has 0 fully saturated rings. The minimum atomic E-state index is -0.479. The van der Waals surface area contributed by atoms with E-state index in [4.69, 9.17) is 0 Å². The number of hydrazine groups is 1. The Kier molecular flexibility index (Phi) is 12.9. The zero-order chi connectivity index (χ0) is 19.6. The molecule has 0 aliphatic heterocycles. The van der Waals surface area contributed by atoms with Gasteiger partial charge in [-0.25, -0.2) is 10.4 Å². The average Bonchev–Trinajstić information content (AvgIpc) is 2.57. The number of carbonyl (C=O) groups is 1. The molecule has 0 bridgehead atoms. The van der Waals surface area contributed by atoms with Gasteiger partial charge >= 0.3 is 0 Å². The number of rotatable bonds is 8. The number of amides is 1. The molecule has 4 nitrogen and oxygen atoms in total. The zero-order valence-corrected chi connectivity index (χ0v) is 20.1. The van der Waals surface area contributed by atoms with Crippen molar-refractivity contribution in [3.05, 3.63) is 36.8 Å². The molecule has 1 atom stereocenters. The van der Waals surface area contributed by atoms with Crippen molar-refractivity contribution in [2.75, 3.05) is 5.01 Å². The van der Waals surface area contributed by atoms with E-state index in [9.17, 15) is 9.90 Å². The van der Waals surface area contributed by atoms with Gasteiger partial charge < -0.3 is 12.0 Å². The van der Waals surface area contributed by atoms with Gasteiger partial charge in [-0.05, 0) is 36.0 Å². The van der Waals surface area contributed by atoms with Crippen LogP contribution in [0.25, 0.3) is 0 Å². The summed E-state index contributed by atoms with van der Waals surface area (Å²) in [5.41, 5.74) is 4.69. The van der Waals surface area contributed by atoms with Gasteiger partial charge in [0.2, 0.25) is 5.91 Å². The van der Waals surface area contributed by atoms with E-state index in [2.05, 4.69) is 45.1 Å². The molecule has 1 rings (SSSR count). The molecule has 0 aliphatic rings. The number of nitrogens with zero attached hydrogens (tertiary/aromatic N) is 1. The monoisotopic (exact) mass is 446 g/mol. The third-order valence-electron chi connectivity index (χ3n) is 4.06. The number of benzene rings is 1. The van der Waals surface area contributed by atoms with Gasteiger partial charge in [0.1, 0.15) is 0 Å². The molecule has 27 heavy (non-hydrogen) atoms. The fraction of sp³-hybridized carbons (Fsp3) is 0.545. The van der Waals surface area contributed by atoms with Crippen molar-refractivity contribution in [3.63, 3.8) is 0 Å². The maximum absolute atomic E-state index is 11.9. The van der Waals surface area contributed by atoms with Crippen molar-refractivity contribution in [1.82, 2.24) is 5.43 Å². The molecule has 0 saturated heterocycles. The summed E-state index contributed by atoms with van der Waals surface area (Å²) >= 11 is 0. The van der Waals surface area contributed by atoms with Crippen LogP contribution in [0.4, 0.5) is 5.69 Å². The molecule has 147 valence electrons. The molecule has 0 heterocycles. The first-order valence-corrected chi connectivity index (χ1v) is 9.36. The first-order chi connectivity index (χ1) is 12.2. The zero-order valence-electron chi connectivity index (χ0n) is 17.2. The predicted octanol–water partition coefficient (Wildman–Crippen LogP) is 4.76. The summed E-state index contributed by atoms with van der Waals surface area (Å²) in [6.45, 7) is 11.9. The van der Waals surface area contributed by atoms with Crippen LogP contribution in [0.3, 0.4) is 0 Å². The Hall–Kier alpha value is -0.886. The molecule has 1 unspecified atom stereocenters. The molecular weight excluding hydrogens is 413 g/mol. The summed E-state index contributed by atoms with van der Waals surface area (Å²) in [6.07, 6.45) is 4.87. The Bertz CT molecular complexity index is 612. The third kappa shape index (κ3) is 10.9. The number of aliphatic hydroxyl groups is 1. The number of aliphatic hydroxyl groups excluding tert-OH is 1. The Morgan fingerprint density at radius 3 is 2.41 bits per heavy atom. The van der Waals surface area contributed by atoms with E-state index in [0.717, 1.165) is 44.1 Å². The number of carbonyl (C=O) groups excluding carboxylic acids is 1. The minimum Gasteiger partial charge on any atom is -0.388 e. The molecule has 0 saturated carbocycles. The Balaban J connectivity index is 0.00000676. The van der Waals surface area contributed by atoms with Crippen LogP contribution in [0.5, 0.6) is 0 Å². The van der Waals surface area contributed by atoms with Crippen LogP contribution in [-0.4, -0.2) is 11.0 Å². The van der Waals surface area contributed by atoms with Gasteiger partial charge in [-0.1, -0.05) is 51.7 Å². The van der Waals surface area contributed by atoms with E-state index in [-0.39, 0.29) is 44.0 Å². The van der Waals surface area contributed by atoms with E-state index in [1.165, 1.54) is 11.9 Å². The number of hydrogen-bond acceptors (Lipinski definition) is 3. The van der Waals surface area contributed by atoms with Gasteiger partial charge in [-0.15, -0.1) is 0 Å². The maximum Gasteiger partial charge on any atom is 0.243 e. The van der Waals surface area contributed by atoms with Crippen LogP contribution in [0.1, 0.15) is 77.9 Å². The SMILES string of the molecule is [CH2-]CCCC#CNN(C(C)=O)c1ccc(C(O)CCCC(C)(C)C)cc1.[Y]. The second-order valence-electron chi connectivity index (χ2n) is 7.79. The number of unbranched alkanes of at least 4 members (excludes halogenated alkanes) is 2. The van der Waals surface area contributed by atoms with Crippen LogP contribution in [0.2, 0.25) is 0 Å². The smallest absolute Gasteiger partial charge is 0.243 e. The van der Waals surface area contributed by atoms with E-state index in [1.807, 2.05) is 24.3 Å². The first kappa shape index (κ1) is 26.1. The summed E-state index contributed by atoms with van der Waals surface area (Å²) in [7, 11) is 0. The van der Waals surface area contributed by atoms with Crippen molar-refractivity contribution in [1.29, 1.82) is 0 Å². The largest absolute Gasteiger partial charge is 0.388 e. The summed E-state index contributed by atoms with van der Waals surface area (Å²) in [4.78, 5) is 11.9. The van der Waals surface area contributed by atoms with E-state index in [0.29, 0.717) is 5.69 Å². The number of hydrogen-bond donors (Lipinski definition) is 2. The van der Waals surface area contributed by atoms with Gasteiger partial charge in [0.15, 0.2) is 0 Å². The third-order valence-corrected chi connectivity index (χ3v) is 4.06. The van der Waals surface area contributed by atoms with Crippen molar-refractivity contribution < 1.29 is 42.6 Å². The molecule has 1 amide bonds. The predicted molar refractivity (Wildman–Crippen MR) is 108 cm³/mol. The van der Waals surface area contributed by atoms with Crippen molar-refractivity contribution in [2.24, 2.45) is 5.41 Å². The first-order valence-electron chi connectivity index (χ1n) is 9.36. The van der Waals surface area contributed by atoms with Crippen molar-refractivity contribution in [3.8, 4) is 12.0 Å². The van der Waals surface area contributed by atoms with Crippen molar-refractivity contribution in [2.45, 2.75) is 72.3 Å². The average molecular weight is 446 g/mol. The maximum atomic E-state index is 11.9. The molecule has 0 aliphatic carbocycles. The van der Waals surface area contributed by atoms with Gasteiger partial charge in [-0.2, -0.15) is 6.42 Å². The van der Waals surface area contributed by atoms with Crippen LogP contribution in [0, 0.1) is 24.3 Å². The van der Waals surface area contributed by atoms with Gasteiger partial charge in [0, 0.05) is 52.1 Å². The van der Waals surface area contributed by atoms with Gasteiger partial charge in [-0.3, -0.25) is 4.79 Å². The Morgan fingerprint density at radius 2 is 1.89 bits per heavy atom. The van der Waals surface area contributed by atoms with Crippen LogP contribution in [-0.2, 0) is 37.5 Å². The molecule has 0 spiro atoms. The van der Waals surface area contributed by atoms with E-state index >= 15 is 0 Å². The van der Waals surface area contributed by atoms with Crippen molar-refractivity contribution >= 4 is 11.6 Å². The number of anilines is 1.